The van der Waals surface area contributed by atoms with Crippen molar-refractivity contribution in [2.75, 3.05) is 11.4 Å². The van der Waals surface area contributed by atoms with Crippen molar-refractivity contribution in [2.45, 2.75) is 19.9 Å². The molecule has 16 heavy (non-hydrogen) atoms. The first-order valence-electron chi connectivity index (χ1n) is 5.22. The van der Waals surface area contributed by atoms with Crippen LogP contribution in [0.3, 0.4) is 0 Å². The number of hydrogen-bond acceptors (Lipinski definition) is 2. The molecule has 0 aliphatic rings. The molecule has 86 valence electrons. The highest BCUT2D eigenvalue weighted by molar-refractivity contribution is 6.33. The van der Waals surface area contributed by atoms with Gasteiger partial charge in [-0.3, -0.25) is 4.79 Å². The van der Waals surface area contributed by atoms with E-state index in [4.69, 9.17) is 11.6 Å². The largest absolute Gasteiger partial charge is 0.365 e. The third-order valence-electron chi connectivity index (χ3n) is 2.39. The van der Waals surface area contributed by atoms with Gasteiger partial charge in [0, 0.05) is 23.8 Å². The minimum absolute atomic E-state index is 0.358. The normalized spacial score (nSPS) is 10.2. The monoisotopic (exact) mass is 237 g/mol. The van der Waals surface area contributed by atoms with Crippen LogP contribution in [0.5, 0.6) is 0 Å². The lowest BCUT2D eigenvalue weighted by Gasteiger charge is -2.28. The van der Waals surface area contributed by atoms with Crippen LogP contribution in [0.15, 0.2) is 30.9 Å². The summed E-state index contributed by atoms with van der Waals surface area (Å²) >= 11 is 5.99. The molecule has 0 aromatic heterocycles. The Labute approximate surface area is 102 Å². The Balaban J connectivity index is 3.05. The van der Waals surface area contributed by atoms with Crippen molar-refractivity contribution in [3.8, 4) is 0 Å². The first kappa shape index (κ1) is 12.8. The SMILES string of the molecule is C=CCN(c1ccc(C=O)c(Cl)c1)C(C)C. The maximum absolute atomic E-state index is 10.7. The summed E-state index contributed by atoms with van der Waals surface area (Å²) in [6.45, 7) is 8.70. The number of benzene rings is 1. The zero-order valence-corrected chi connectivity index (χ0v) is 10.4. The Hall–Kier alpha value is -1.28. The highest BCUT2D eigenvalue weighted by Crippen LogP contribution is 2.24. The third kappa shape index (κ3) is 2.86. The topological polar surface area (TPSA) is 20.3 Å². The maximum atomic E-state index is 10.7. The third-order valence-corrected chi connectivity index (χ3v) is 2.72. The number of aldehydes is 1. The summed E-state index contributed by atoms with van der Waals surface area (Å²) in [6.07, 6.45) is 2.61. The lowest BCUT2D eigenvalue weighted by atomic mass is 10.2. The molecule has 0 spiro atoms. The van der Waals surface area contributed by atoms with E-state index in [0.717, 1.165) is 18.5 Å². The molecule has 0 N–H and O–H groups in total. The highest BCUT2D eigenvalue weighted by Gasteiger charge is 2.10. The molecule has 0 amide bonds. The molecule has 0 aliphatic carbocycles. The Morgan fingerprint density at radius 2 is 2.19 bits per heavy atom. The van der Waals surface area contributed by atoms with Crippen LogP contribution < -0.4 is 4.90 Å². The number of rotatable bonds is 5. The predicted molar refractivity (Wildman–Crippen MR) is 69.5 cm³/mol. The number of carbonyl (C=O) groups excluding carboxylic acids is 1. The van der Waals surface area contributed by atoms with Crippen molar-refractivity contribution in [1.29, 1.82) is 0 Å². The van der Waals surface area contributed by atoms with E-state index in [9.17, 15) is 4.79 Å². The molecule has 0 bridgehead atoms. The Kier molecular flexibility index (Phi) is 4.56. The fourth-order valence-corrected chi connectivity index (χ4v) is 1.76. The summed E-state index contributed by atoms with van der Waals surface area (Å²) in [4.78, 5) is 12.8. The lowest BCUT2D eigenvalue weighted by Crippen LogP contribution is -2.30. The van der Waals surface area contributed by atoms with Crippen LogP contribution in [-0.4, -0.2) is 18.9 Å². The fraction of sp³-hybridized carbons (Fsp3) is 0.308. The molecule has 1 aromatic carbocycles. The fourth-order valence-electron chi connectivity index (χ4n) is 1.54. The average Bonchev–Trinajstić information content (AvgIpc) is 2.25. The Morgan fingerprint density at radius 3 is 2.62 bits per heavy atom. The second-order valence-corrected chi connectivity index (χ2v) is 4.27. The maximum Gasteiger partial charge on any atom is 0.151 e. The molecule has 0 radical (unpaired) electrons. The number of carbonyl (C=O) groups is 1. The number of anilines is 1. The van der Waals surface area contributed by atoms with Crippen LogP contribution in [0.2, 0.25) is 5.02 Å². The van der Waals surface area contributed by atoms with Crippen LogP contribution >= 0.6 is 11.6 Å². The second-order valence-electron chi connectivity index (χ2n) is 3.86. The molecule has 1 rings (SSSR count). The smallest absolute Gasteiger partial charge is 0.151 e. The van der Waals surface area contributed by atoms with Crippen LogP contribution in [0.4, 0.5) is 5.69 Å². The van der Waals surface area contributed by atoms with E-state index >= 15 is 0 Å². The van der Waals surface area contributed by atoms with Crippen molar-refractivity contribution in [2.24, 2.45) is 0 Å². The van der Waals surface area contributed by atoms with Gasteiger partial charge >= 0.3 is 0 Å². The summed E-state index contributed by atoms with van der Waals surface area (Å²) < 4.78 is 0. The van der Waals surface area contributed by atoms with Crippen molar-refractivity contribution >= 4 is 23.6 Å². The first-order chi connectivity index (χ1) is 7.60. The molecule has 0 atom stereocenters. The van der Waals surface area contributed by atoms with Gasteiger partial charge in [0.1, 0.15) is 0 Å². The van der Waals surface area contributed by atoms with Gasteiger partial charge in [0.05, 0.1) is 5.02 Å². The van der Waals surface area contributed by atoms with E-state index in [1.54, 1.807) is 6.07 Å². The van der Waals surface area contributed by atoms with Crippen LogP contribution in [0.1, 0.15) is 24.2 Å². The van der Waals surface area contributed by atoms with Crippen LogP contribution in [-0.2, 0) is 0 Å². The molecule has 0 saturated carbocycles. The number of nitrogens with zero attached hydrogens (tertiary/aromatic N) is 1. The molecule has 0 aliphatic heterocycles. The summed E-state index contributed by atoms with van der Waals surface area (Å²) in [5, 5.41) is 0.488. The molecule has 1 aromatic rings. The molecule has 3 heteroatoms. The van der Waals surface area contributed by atoms with Crippen LogP contribution in [0, 0.1) is 0 Å². The van der Waals surface area contributed by atoms with Gasteiger partial charge in [-0.05, 0) is 32.0 Å². The van der Waals surface area contributed by atoms with Gasteiger partial charge in [-0.25, -0.2) is 0 Å². The van der Waals surface area contributed by atoms with Crippen molar-refractivity contribution < 1.29 is 4.79 Å². The van der Waals surface area contributed by atoms with E-state index in [1.165, 1.54) is 0 Å². The molecular formula is C13H16ClNO. The quantitative estimate of drug-likeness (QED) is 0.577. The lowest BCUT2D eigenvalue weighted by molar-refractivity contribution is 0.112. The van der Waals surface area contributed by atoms with Gasteiger partial charge in [0.15, 0.2) is 6.29 Å². The molecule has 0 heterocycles. The van der Waals surface area contributed by atoms with E-state index in [2.05, 4.69) is 25.3 Å². The molecule has 0 fully saturated rings. The zero-order chi connectivity index (χ0) is 12.1. The molecular weight excluding hydrogens is 222 g/mol. The Bertz CT molecular complexity index is 388. The van der Waals surface area contributed by atoms with Gasteiger partial charge in [0.2, 0.25) is 0 Å². The summed E-state index contributed by atoms with van der Waals surface area (Å²) in [5.41, 5.74) is 1.53. The summed E-state index contributed by atoms with van der Waals surface area (Å²) in [5.74, 6) is 0. The van der Waals surface area contributed by atoms with E-state index in [0.29, 0.717) is 16.6 Å². The van der Waals surface area contributed by atoms with Gasteiger partial charge in [-0.1, -0.05) is 17.7 Å². The molecule has 2 nitrogen and oxygen atoms in total. The highest BCUT2D eigenvalue weighted by atomic mass is 35.5. The molecule has 0 saturated heterocycles. The number of hydrogen-bond donors (Lipinski definition) is 0. The first-order valence-corrected chi connectivity index (χ1v) is 5.60. The zero-order valence-electron chi connectivity index (χ0n) is 9.61. The summed E-state index contributed by atoms with van der Waals surface area (Å²) in [7, 11) is 0. The van der Waals surface area contributed by atoms with Gasteiger partial charge < -0.3 is 4.90 Å². The van der Waals surface area contributed by atoms with Crippen LogP contribution in [0.25, 0.3) is 0 Å². The minimum Gasteiger partial charge on any atom is -0.365 e. The standard InChI is InChI=1S/C13H16ClNO/c1-4-7-15(10(2)3)12-6-5-11(9-16)13(14)8-12/h4-6,8-10H,1,7H2,2-3H3. The molecule has 0 unspecified atom stereocenters. The van der Waals surface area contributed by atoms with E-state index < -0.39 is 0 Å². The van der Waals surface area contributed by atoms with Gasteiger partial charge in [-0.15, -0.1) is 6.58 Å². The van der Waals surface area contributed by atoms with E-state index in [-0.39, 0.29) is 0 Å². The van der Waals surface area contributed by atoms with Crippen molar-refractivity contribution in [3.05, 3.63) is 41.4 Å². The summed E-state index contributed by atoms with van der Waals surface area (Å²) in [6, 6.07) is 5.81. The van der Waals surface area contributed by atoms with Crippen molar-refractivity contribution in [3.63, 3.8) is 0 Å². The predicted octanol–water partition coefficient (Wildman–Crippen LogP) is 3.55. The Morgan fingerprint density at radius 1 is 1.50 bits per heavy atom. The van der Waals surface area contributed by atoms with Gasteiger partial charge in [0.25, 0.3) is 0 Å². The minimum atomic E-state index is 0.358. The average molecular weight is 238 g/mol. The van der Waals surface area contributed by atoms with Gasteiger partial charge in [-0.2, -0.15) is 0 Å². The van der Waals surface area contributed by atoms with Crippen molar-refractivity contribution in [1.82, 2.24) is 0 Å². The number of halogens is 1. The second kappa shape index (κ2) is 5.71. The van der Waals surface area contributed by atoms with E-state index in [1.807, 2.05) is 18.2 Å².